The molecule has 2 nitrogen and oxygen atoms in total. The standard InChI is InChI=1S/C13H8BrCl2NO/c14-9-2-4-10(5-3-9)17-13(18)8-1-6-11(15)12(16)7-8/h1-7H,(H,17,18). The van der Waals surface area contributed by atoms with E-state index in [4.69, 9.17) is 23.2 Å². The summed E-state index contributed by atoms with van der Waals surface area (Å²) in [6.45, 7) is 0. The normalized spacial score (nSPS) is 10.2. The minimum absolute atomic E-state index is 0.226. The van der Waals surface area contributed by atoms with E-state index in [-0.39, 0.29) is 5.91 Å². The first kappa shape index (κ1) is 13.4. The van der Waals surface area contributed by atoms with Crippen LogP contribution in [0.2, 0.25) is 10.0 Å². The second-order valence-electron chi connectivity index (χ2n) is 3.59. The van der Waals surface area contributed by atoms with E-state index in [1.54, 1.807) is 24.3 Å². The number of carbonyl (C=O) groups excluding carboxylic acids is 1. The molecule has 0 fully saturated rings. The number of carbonyl (C=O) groups is 1. The summed E-state index contributed by atoms with van der Waals surface area (Å²) in [6, 6.07) is 12.1. The molecule has 0 radical (unpaired) electrons. The van der Waals surface area contributed by atoms with Crippen molar-refractivity contribution in [3.05, 3.63) is 62.5 Å². The van der Waals surface area contributed by atoms with Gasteiger partial charge in [0.1, 0.15) is 0 Å². The van der Waals surface area contributed by atoms with Crippen LogP contribution in [0.1, 0.15) is 10.4 Å². The zero-order valence-electron chi connectivity index (χ0n) is 9.08. The van der Waals surface area contributed by atoms with Gasteiger partial charge in [-0.05, 0) is 42.5 Å². The molecule has 2 aromatic carbocycles. The van der Waals surface area contributed by atoms with Gasteiger partial charge in [0.05, 0.1) is 10.0 Å². The molecule has 0 bridgehead atoms. The molecule has 92 valence electrons. The minimum atomic E-state index is -0.226. The molecule has 0 spiro atoms. The fourth-order valence-electron chi connectivity index (χ4n) is 1.37. The molecule has 1 amide bonds. The fourth-order valence-corrected chi connectivity index (χ4v) is 1.94. The molecule has 0 aromatic heterocycles. The van der Waals surface area contributed by atoms with Crippen molar-refractivity contribution in [1.29, 1.82) is 0 Å². The van der Waals surface area contributed by atoms with Crippen molar-refractivity contribution in [2.24, 2.45) is 0 Å². The Balaban J connectivity index is 2.16. The third-order valence-corrected chi connectivity index (χ3v) is 3.55. The lowest BCUT2D eigenvalue weighted by atomic mass is 10.2. The molecule has 0 unspecified atom stereocenters. The number of rotatable bonds is 2. The second-order valence-corrected chi connectivity index (χ2v) is 5.32. The van der Waals surface area contributed by atoms with Crippen LogP contribution >= 0.6 is 39.1 Å². The summed E-state index contributed by atoms with van der Waals surface area (Å²) >= 11 is 15.0. The minimum Gasteiger partial charge on any atom is -0.322 e. The lowest BCUT2D eigenvalue weighted by Crippen LogP contribution is -2.11. The van der Waals surface area contributed by atoms with E-state index in [1.165, 1.54) is 6.07 Å². The van der Waals surface area contributed by atoms with Gasteiger partial charge in [-0.15, -0.1) is 0 Å². The molecule has 1 N–H and O–H groups in total. The molecule has 0 aliphatic rings. The topological polar surface area (TPSA) is 29.1 Å². The molecular weight excluding hydrogens is 337 g/mol. The van der Waals surface area contributed by atoms with Gasteiger partial charge in [-0.1, -0.05) is 39.1 Å². The third kappa shape index (κ3) is 3.25. The van der Waals surface area contributed by atoms with Gasteiger partial charge in [0, 0.05) is 15.7 Å². The Labute approximate surface area is 123 Å². The van der Waals surface area contributed by atoms with Crippen LogP contribution in [0.3, 0.4) is 0 Å². The van der Waals surface area contributed by atoms with Crippen molar-refractivity contribution >= 4 is 50.7 Å². The van der Waals surface area contributed by atoms with Crippen LogP contribution in [0.25, 0.3) is 0 Å². The molecular formula is C13H8BrCl2NO. The van der Waals surface area contributed by atoms with Crippen molar-refractivity contribution in [3.8, 4) is 0 Å². The number of amides is 1. The summed E-state index contributed by atoms with van der Waals surface area (Å²) in [6.07, 6.45) is 0. The first-order chi connectivity index (χ1) is 8.56. The Morgan fingerprint density at radius 2 is 1.67 bits per heavy atom. The fraction of sp³-hybridized carbons (Fsp3) is 0. The molecule has 0 saturated heterocycles. The Morgan fingerprint density at radius 1 is 1.00 bits per heavy atom. The van der Waals surface area contributed by atoms with Crippen molar-refractivity contribution in [1.82, 2.24) is 0 Å². The highest BCUT2D eigenvalue weighted by Gasteiger charge is 2.08. The van der Waals surface area contributed by atoms with Gasteiger partial charge in [-0.3, -0.25) is 4.79 Å². The highest BCUT2D eigenvalue weighted by atomic mass is 79.9. The van der Waals surface area contributed by atoms with Gasteiger partial charge in [0.15, 0.2) is 0 Å². The molecule has 5 heteroatoms. The zero-order valence-corrected chi connectivity index (χ0v) is 12.2. The van der Waals surface area contributed by atoms with Crippen LogP contribution in [0.15, 0.2) is 46.9 Å². The van der Waals surface area contributed by atoms with Crippen molar-refractivity contribution in [2.45, 2.75) is 0 Å². The summed E-state index contributed by atoms with van der Waals surface area (Å²) in [4.78, 5) is 11.9. The summed E-state index contributed by atoms with van der Waals surface area (Å²) in [5.74, 6) is -0.226. The number of hydrogen-bond donors (Lipinski definition) is 1. The van der Waals surface area contributed by atoms with E-state index in [2.05, 4.69) is 21.2 Å². The van der Waals surface area contributed by atoms with Gasteiger partial charge < -0.3 is 5.32 Å². The molecule has 0 aliphatic carbocycles. The molecule has 2 aromatic rings. The van der Waals surface area contributed by atoms with E-state index in [1.807, 2.05) is 12.1 Å². The highest BCUT2D eigenvalue weighted by molar-refractivity contribution is 9.10. The highest BCUT2D eigenvalue weighted by Crippen LogP contribution is 2.23. The summed E-state index contributed by atoms with van der Waals surface area (Å²) in [5, 5.41) is 3.56. The monoisotopic (exact) mass is 343 g/mol. The first-order valence-corrected chi connectivity index (χ1v) is 6.63. The lowest BCUT2D eigenvalue weighted by Gasteiger charge is -2.06. The molecule has 2 rings (SSSR count). The van der Waals surface area contributed by atoms with E-state index in [0.29, 0.717) is 21.3 Å². The third-order valence-electron chi connectivity index (χ3n) is 2.28. The molecule has 18 heavy (non-hydrogen) atoms. The predicted octanol–water partition coefficient (Wildman–Crippen LogP) is 5.01. The largest absolute Gasteiger partial charge is 0.322 e. The number of hydrogen-bond acceptors (Lipinski definition) is 1. The van der Waals surface area contributed by atoms with Gasteiger partial charge >= 0.3 is 0 Å². The SMILES string of the molecule is O=C(Nc1ccc(Br)cc1)c1ccc(Cl)c(Cl)c1. The summed E-state index contributed by atoms with van der Waals surface area (Å²) in [5.41, 5.74) is 1.18. The maximum absolute atomic E-state index is 11.9. The maximum atomic E-state index is 11.9. The molecule has 0 atom stereocenters. The second kappa shape index (κ2) is 5.74. The maximum Gasteiger partial charge on any atom is 0.255 e. The number of anilines is 1. The van der Waals surface area contributed by atoms with Crippen LogP contribution in [-0.4, -0.2) is 5.91 Å². The van der Waals surface area contributed by atoms with Crippen LogP contribution in [0.5, 0.6) is 0 Å². The van der Waals surface area contributed by atoms with Gasteiger partial charge in [0.2, 0.25) is 0 Å². The van der Waals surface area contributed by atoms with Crippen molar-refractivity contribution in [3.63, 3.8) is 0 Å². The van der Waals surface area contributed by atoms with Gasteiger partial charge in [-0.25, -0.2) is 0 Å². The van der Waals surface area contributed by atoms with E-state index < -0.39 is 0 Å². The predicted molar refractivity (Wildman–Crippen MR) is 78.6 cm³/mol. The molecule has 0 saturated carbocycles. The van der Waals surface area contributed by atoms with Crippen LogP contribution in [-0.2, 0) is 0 Å². The summed E-state index contributed by atoms with van der Waals surface area (Å²) < 4.78 is 0.954. The quantitative estimate of drug-likeness (QED) is 0.815. The van der Waals surface area contributed by atoms with Crippen molar-refractivity contribution in [2.75, 3.05) is 5.32 Å². The number of benzene rings is 2. The molecule has 0 heterocycles. The average molecular weight is 345 g/mol. The van der Waals surface area contributed by atoms with Gasteiger partial charge in [0.25, 0.3) is 5.91 Å². The van der Waals surface area contributed by atoms with E-state index in [9.17, 15) is 4.79 Å². The van der Waals surface area contributed by atoms with Crippen LogP contribution in [0.4, 0.5) is 5.69 Å². The van der Waals surface area contributed by atoms with Crippen LogP contribution < -0.4 is 5.32 Å². The average Bonchev–Trinajstić information content (AvgIpc) is 2.35. The first-order valence-electron chi connectivity index (χ1n) is 5.08. The van der Waals surface area contributed by atoms with E-state index >= 15 is 0 Å². The number of nitrogens with one attached hydrogen (secondary N) is 1. The Kier molecular flexibility index (Phi) is 4.27. The Hall–Kier alpha value is -1.03. The van der Waals surface area contributed by atoms with Crippen molar-refractivity contribution < 1.29 is 4.79 Å². The lowest BCUT2D eigenvalue weighted by molar-refractivity contribution is 0.102. The van der Waals surface area contributed by atoms with Crippen LogP contribution in [0, 0.1) is 0 Å². The van der Waals surface area contributed by atoms with E-state index in [0.717, 1.165) is 4.47 Å². The molecule has 0 aliphatic heterocycles. The van der Waals surface area contributed by atoms with Gasteiger partial charge in [-0.2, -0.15) is 0 Å². The zero-order chi connectivity index (χ0) is 13.1. The smallest absolute Gasteiger partial charge is 0.255 e. The Bertz CT molecular complexity index is 584. The summed E-state index contributed by atoms with van der Waals surface area (Å²) in [7, 11) is 0. The number of halogens is 3. The Morgan fingerprint density at radius 3 is 2.28 bits per heavy atom.